The molecule has 0 spiro atoms. The van der Waals surface area contributed by atoms with Crippen LogP contribution in [-0.4, -0.2) is 36.6 Å². The zero-order chi connectivity index (χ0) is 8.85. The van der Waals surface area contributed by atoms with E-state index in [2.05, 4.69) is 0 Å². The summed E-state index contributed by atoms with van der Waals surface area (Å²) in [7, 11) is 3.82. The Bertz CT molecular complexity index is 161. The van der Waals surface area contributed by atoms with Gasteiger partial charge in [-0.3, -0.25) is 0 Å². The van der Waals surface area contributed by atoms with Crippen molar-refractivity contribution in [3.8, 4) is 0 Å². The van der Waals surface area contributed by atoms with Crippen molar-refractivity contribution in [2.75, 3.05) is 20.6 Å². The summed E-state index contributed by atoms with van der Waals surface area (Å²) in [4.78, 5) is 12.4. The maximum Gasteiger partial charge on any atom is 0.331 e. The zero-order valence-electron chi connectivity index (χ0n) is 7.29. The van der Waals surface area contributed by atoms with Crippen LogP contribution in [-0.2, 0) is 4.79 Å². The maximum atomic E-state index is 10.5. The molecule has 0 aliphatic heterocycles. The molecule has 3 nitrogen and oxygen atoms in total. The Morgan fingerprint density at radius 3 is 2.36 bits per heavy atom. The first kappa shape index (κ1) is 10.2. The van der Waals surface area contributed by atoms with Gasteiger partial charge in [0.05, 0.1) is 0 Å². The Morgan fingerprint density at radius 1 is 1.55 bits per heavy atom. The van der Waals surface area contributed by atoms with Gasteiger partial charge in [0.25, 0.3) is 0 Å². The number of carboxylic acid groups (broad SMARTS) is 1. The average molecular weight is 157 g/mol. The number of likely N-dealkylation sites (N-methyl/N-ethyl adjacent to an activating group) is 1. The molecule has 0 aromatic heterocycles. The normalized spacial score (nSPS) is 12.2. The van der Waals surface area contributed by atoms with Crippen molar-refractivity contribution in [3.05, 3.63) is 11.6 Å². The molecule has 0 fully saturated rings. The van der Waals surface area contributed by atoms with E-state index < -0.39 is 5.97 Å². The summed E-state index contributed by atoms with van der Waals surface area (Å²) >= 11 is 0. The van der Waals surface area contributed by atoms with Crippen molar-refractivity contribution < 1.29 is 9.90 Å². The molecule has 0 aromatic carbocycles. The molecule has 0 aliphatic rings. The van der Waals surface area contributed by atoms with Crippen LogP contribution in [0.25, 0.3) is 0 Å². The molecular weight excluding hydrogens is 142 g/mol. The van der Waals surface area contributed by atoms with Gasteiger partial charge in [-0.15, -0.1) is 0 Å². The summed E-state index contributed by atoms with van der Waals surface area (Å²) in [5, 5.41) is 8.60. The zero-order valence-corrected chi connectivity index (χ0v) is 7.29. The van der Waals surface area contributed by atoms with Gasteiger partial charge < -0.3 is 10.0 Å². The van der Waals surface area contributed by atoms with E-state index in [1.807, 2.05) is 25.9 Å². The van der Waals surface area contributed by atoms with Crippen LogP contribution in [0.5, 0.6) is 0 Å². The van der Waals surface area contributed by atoms with Gasteiger partial charge in [0, 0.05) is 12.1 Å². The predicted octanol–water partition coefficient (Wildman–Crippen LogP) is 0.969. The first-order valence-electron chi connectivity index (χ1n) is 3.65. The fourth-order valence-corrected chi connectivity index (χ4v) is 0.676. The SMILES string of the molecule is CC/C(=C\CN(C)C)C(=O)O. The number of hydrogen-bond acceptors (Lipinski definition) is 2. The average Bonchev–Trinajstić information content (AvgIpc) is 1.87. The Hall–Kier alpha value is -0.830. The lowest BCUT2D eigenvalue weighted by atomic mass is 10.2. The van der Waals surface area contributed by atoms with Crippen molar-refractivity contribution in [3.63, 3.8) is 0 Å². The van der Waals surface area contributed by atoms with E-state index in [1.165, 1.54) is 0 Å². The minimum Gasteiger partial charge on any atom is -0.478 e. The number of carboxylic acids is 1. The molecule has 0 amide bonds. The molecule has 64 valence electrons. The van der Waals surface area contributed by atoms with E-state index in [0.717, 1.165) is 0 Å². The van der Waals surface area contributed by atoms with Gasteiger partial charge in [-0.2, -0.15) is 0 Å². The van der Waals surface area contributed by atoms with E-state index in [9.17, 15) is 4.79 Å². The minimum absolute atomic E-state index is 0.485. The highest BCUT2D eigenvalue weighted by molar-refractivity contribution is 5.86. The largest absolute Gasteiger partial charge is 0.478 e. The van der Waals surface area contributed by atoms with Gasteiger partial charge in [0.2, 0.25) is 0 Å². The summed E-state index contributed by atoms with van der Waals surface area (Å²) in [5.41, 5.74) is 0.485. The van der Waals surface area contributed by atoms with E-state index in [-0.39, 0.29) is 0 Å². The Balaban J connectivity index is 4.02. The van der Waals surface area contributed by atoms with E-state index in [1.54, 1.807) is 6.08 Å². The fraction of sp³-hybridized carbons (Fsp3) is 0.625. The van der Waals surface area contributed by atoms with Crippen molar-refractivity contribution in [2.24, 2.45) is 0 Å². The quantitative estimate of drug-likeness (QED) is 0.618. The second-order valence-electron chi connectivity index (χ2n) is 2.65. The molecule has 0 bridgehead atoms. The lowest BCUT2D eigenvalue weighted by Gasteiger charge is -2.05. The molecule has 11 heavy (non-hydrogen) atoms. The van der Waals surface area contributed by atoms with Gasteiger partial charge in [-0.25, -0.2) is 4.79 Å². The van der Waals surface area contributed by atoms with Gasteiger partial charge in [0.15, 0.2) is 0 Å². The topological polar surface area (TPSA) is 40.5 Å². The van der Waals surface area contributed by atoms with Crippen LogP contribution in [0.3, 0.4) is 0 Å². The number of carbonyl (C=O) groups is 1. The van der Waals surface area contributed by atoms with E-state index in [4.69, 9.17) is 5.11 Å². The van der Waals surface area contributed by atoms with Crippen LogP contribution in [0, 0.1) is 0 Å². The molecule has 0 aromatic rings. The van der Waals surface area contributed by atoms with Crippen molar-refractivity contribution in [1.29, 1.82) is 0 Å². The smallest absolute Gasteiger partial charge is 0.331 e. The number of nitrogens with zero attached hydrogens (tertiary/aromatic N) is 1. The predicted molar refractivity (Wildman–Crippen MR) is 44.6 cm³/mol. The second-order valence-corrected chi connectivity index (χ2v) is 2.65. The molecule has 0 rings (SSSR count). The summed E-state index contributed by atoms with van der Waals surface area (Å²) in [6, 6.07) is 0. The highest BCUT2D eigenvalue weighted by Gasteiger charge is 2.02. The molecule has 3 heteroatoms. The lowest BCUT2D eigenvalue weighted by molar-refractivity contribution is -0.132. The van der Waals surface area contributed by atoms with Gasteiger partial charge >= 0.3 is 5.97 Å². The summed E-state index contributed by atoms with van der Waals surface area (Å²) < 4.78 is 0. The maximum absolute atomic E-state index is 10.5. The minimum atomic E-state index is -0.811. The molecule has 0 aliphatic carbocycles. The van der Waals surface area contributed by atoms with Crippen LogP contribution in [0.4, 0.5) is 0 Å². The van der Waals surface area contributed by atoms with Crippen LogP contribution >= 0.6 is 0 Å². The fourth-order valence-electron chi connectivity index (χ4n) is 0.676. The third kappa shape index (κ3) is 4.56. The molecule has 0 unspecified atom stereocenters. The molecule has 0 radical (unpaired) electrons. The molecule has 0 saturated heterocycles. The number of hydrogen-bond donors (Lipinski definition) is 1. The number of aliphatic carboxylic acids is 1. The summed E-state index contributed by atoms with van der Waals surface area (Å²) in [5.74, 6) is -0.811. The van der Waals surface area contributed by atoms with E-state index in [0.29, 0.717) is 18.5 Å². The van der Waals surface area contributed by atoms with Crippen molar-refractivity contribution in [2.45, 2.75) is 13.3 Å². The molecule has 0 atom stereocenters. The van der Waals surface area contributed by atoms with Gasteiger partial charge in [0.1, 0.15) is 0 Å². The Kier molecular flexibility index (Phi) is 4.54. The molecule has 0 heterocycles. The summed E-state index contributed by atoms with van der Waals surface area (Å²) in [6.45, 7) is 2.53. The van der Waals surface area contributed by atoms with Crippen LogP contribution in [0.2, 0.25) is 0 Å². The molecular formula is C8H15NO2. The van der Waals surface area contributed by atoms with Crippen LogP contribution in [0.15, 0.2) is 11.6 Å². The highest BCUT2D eigenvalue weighted by atomic mass is 16.4. The van der Waals surface area contributed by atoms with Gasteiger partial charge in [-0.05, 0) is 20.5 Å². The monoisotopic (exact) mass is 157 g/mol. The summed E-state index contributed by atoms with van der Waals surface area (Å²) in [6.07, 6.45) is 2.32. The standard InChI is InChI=1S/C8H15NO2/c1-4-7(8(10)11)5-6-9(2)3/h5H,4,6H2,1-3H3,(H,10,11)/b7-5+. The number of rotatable bonds is 4. The Morgan fingerprint density at radius 2 is 2.09 bits per heavy atom. The lowest BCUT2D eigenvalue weighted by Crippen LogP contribution is -2.12. The van der Waals surface area contributed by atoms with Crippen LogP contribution in [0.1, 0.15) is 13.3 Å². The van der Waals surface area contributed by atoms with Crippen molar-refractivity contribution in [1.82, 2.24) is 4.90 Å². The molecule has 1 N–H and O–H groups in total. The highest BCUT2D eigenvalue weighted by Crippen LogP contribution is 1.99. The van der Waals surface area contributed by atoms with E-state index >= 15 is 0 Å². The Labute approximate surface area is 67.3 Å². The third-order valence-corrected chi connectivity index (χ3v) is 1.36. The van der Waals surface area contributed by atoms with Gasteiger partial charge in [-0.1, -0.05) is 13.0 Å². The van der Waals surface area contributed by atoms with Crippen molar-refractivity contribution >= 4 is 5.97 Å². The second kappa shape index (κ2) is 4.91. The van der Waals surface area contributed by atoms with Crippen LogP contribution < -0.4 is 0 Å². The first-order valence-corrected chi connectivity index (χ1v) is 3.65. The third-order valence-electron chi connectivity index (χ3n) is 1.36. The first-order chi connectivity index (χ1) is 5.07. The molecule has 0 saturated carbocycles.